The van der Waals surface area contributed by atoms with E-state index in [0.717, 1.165) is 25.6 Å². The molecule has 1 fully saturated rings. The summed E-state index contributed by atoms with van der Waals surface area (Å²) in [6, 6.07) is 6.62. The smallest absolute Gasteiger partial charge is 0.416 e. The normalized spacial score (nSPS) is 19.7. The Hall–Kier alpha value is -3.81. The molecule has 0 aromatic heterocycles. The molecule has 0 saturated carbocycles. The fourth-order valence-electron chi connectivity index (χ4n) is 4.27. The summed E-state index contributed by atoms with van der Waals surface area (Å²) in [4.78, 5) is 39.7. The van der Waals surface area contributed by atoms with Crippen LogP contribution in [0.5, 0.6) is 0 Å². The number of urea groups is 1. The van der Waals surface area contributed by atoms with Crippen LogP contribution in [0.25, 0.3) is 0 Å². The number of carbonyl (C=O) groups excluding carboxylic acids is 2. The van der Waals surface area contributed by atoms with Crippen LogP contribution < -0.4 is 13.5 Å². The maximum atomic E-state index is 13.4. The number of aliphatic carboxylic acids is 1. The molecule has 10 nitrogen and oxygen atoms in total. The van der Waals surface area contributed by atoms with Gasteiger partial charge >= 0.3 is 28.4 Å². The van der Waals surface area contributed by atoms with Crippen molar-refractivity contribution in [3.63, 3.8) is 0 Å². The third-order valence-corrected chi connectivity index (χ3v) is 8.19. The summed E-state index contributed by atoms with van der Waals surface area (Å²) in [6.45, 7) is 0.0998. The number of carboxylic acid groups (broad SMARTS) is 1. The summed E-state index contributed by atoms with van der Waals surface area (Å²) in [5, 5.41) is 9.62. The summed E-state index contributed by atoms with van der Waals surface area (Å²) >= 11 is 0. The van der Waals surface area contributed by atoms with Gasteiger partial charge in [-0.3, -0.25) is 28.0 Å². The zero-order valence-corrected chi connectivity index (χ0v) is 20.1. The first-order valence-electron chi connectivity index (χ1n) is 10.5. The molecule has 0 bridgehead atoms. The Kier molecular flexibility index (Phi) is 5.90. The monoisotopic (exact) mass is 526 g/mol. The van der Waals surface area contributed by atoms with Crippen molar-refractivity contribution in [2.75, 3.05) is 34.2 Å². The number of imide groups is 1. The topological polar surface area (TPSA) is 119 Å². The van der Waals surface area contributed by atoms with Gasteiger partial charge < -0.3 is 5.11 Å². The predicted octanol–water partition coefficient (Wildman–Crippen LogP) is 2.81. The average molecular weight is 526 g/mol. The lowest BCUT2D eigenvalue weighted by atomic mass is 9.99. The SMILES string of the molecule is Cc1c(CN2C(=O)C(C(=O)O)CN(c3ccc4c(c3)N(C)S(=O)(=O)N4C)C2=O)cccc1C(F)(F)F. The van der Waals surface area contributed by atoms with Crippen LogP contribution in [0.2, 0.25) is 0 Å². The van der Waals surface area contributed by atoms with E-state index in [1.807, 2.05) is 0 Å². The molecule has 1 unspecified atom stereocenters. The van der Waals surface area contributed by atoms with Crippen molar-refractivity contribution in [2.45, 2.75) is 19.6 Å². The molecule has 0 aliphatic carbocycles. The number of carbonyl (C=O) groups is 3. The fourth-order valence-corrected chi connectivity index (χ4v) is 5.44. The molecule has 2 aliphatic heterocycles. The molecule has 36 heavy (non-hydrogen) atoms. The van der Waals surface area contributed by atoms with Crippen LogP contribution in [0, 0.1) is 12.8 Å². The van der Waals surface area contributed by atoms with E-state index in [9.17, 15) is 41.1 Å². The summed E-state index contributed by atoms with van der Waals surface area (Å²) < 4.78 is 66.9. The summed E-state index contributed by atoms with van der Waals surface area (Å²) in [5.41, 5.74) is -0.420. The second-order valence-corrected chi connectivity index (χ2v) is 10.4. The van der Waals surface area contributed by atoms with Crippen molar-refractivity contribution in [3.05, 3.63) is 53.1 Å². The lowest BCUT2D eigenvalue weighted by molar-refractivity contribution is -0.150. The van der Waals surface area contributed by atoms with E-state index in [4.69, 9.17) is 0 Å². The number of hydrogen-bond donors (Lipinski definition) is 1. The number of carboxylic acids is 1. The molecule has 2 aromatic rings. The van der Waals surface area contributed by atoms with E-state index in [1.165, 1.54) is 45.3 Å². The molecule has 3 amide bonds. The first kappa shape index (κ1) is 25.3. The van der Waals surface area contributed by atoms with Crippen molar-refractivity contribution in [1.82, 2.24) is 4.90 Å². The van der Waals surface area contributed by atoms with Crippen LogP contribution in [-0.4, -0.2) is 57.0 Å². The lowest BCUT2D eigenvalue weighted by Gasteiger charge is -2.37. The van der Waals surface area contributed by atoms with Crippen LogP contribution in [0.3, 0.4) is 0 Å². The van der Waals surface area contributed by atoms with Gasteiger partial charge in [0.2, 0.25) is 5.91 Å². The number of rotatable bonds is 4. The highest BCUT2D eigenvalue weighted by Gasteiger charge is 2.45. The number of amides is 3. The van der Waals surface area contributed by atoms with E-state index >= 15 is 0 Å². The van der Waals surface area contributed by atoms with E-state index in [1.54, 1.807) is 0 Å². The zero-order valence-electron chi connectivity index (χ0n) is 19.3. The molecule has 1 N–H and O–H groups in total. The highest BCUT2D eigenvalue weighted by Crippen LogP contribution is 2.42. The number of nitrogens with zero attached hydrogens (tertiary/aromatic N) is 4. The minimum atomic E-state index is -4.66. The van der Waals surface area contributed by atoms with E-state index in [-0.39, 0.29) is 22.5 Å². The summed E-state index contributed by atoms with van der Waals surface area (Å²) in [7, 11) is -1.16. The first-order chi connectivity index (χ1) is 16.7. The Balaban J connectivity index is 1.74. The Morgan fingerprint density at radius 3 is 2.33 bits per heavy atom. The maximum absolute atomic E-state index is 13.4. The standard InChI is InChI=1S/C22H21F3N4O6S/c1-12-13(5-4-6-16(12)22(23,24)25)10-29-19(30)15(20(31)32)11-28(21(29)33)14-7-8-17-18(9-14)27(3)36(34,35)26(17)2/h4-9,15H,10-11H2,1-3H3,(H,31,32). The summed E-state index contributed by atoms with van der Waals surface area (Å²) in [5.74, 6) is -4.24. The van der Waals surface area contributed by atoms with E-state index < -0.39 is 58.9 Å². The van der Waals surface area contributed by atoms with Gasteiger partial charge in [-0.05, 0) is 42.3 Å². The van der Waals surface area contributed by atoms with Gasteiger partial charge in [-0.15, -0.1) is 0 Å². The Morgan fingerprint density at radius 2 is 1.72 bits per heavy atom. The Bertz CT molecular complexity index is 1390. The Labute approximate surface area is 204 Å². The van der Waals surface area contributed by atoms with Gasteiger partial charge in [0.05, 0.1) is 23.5 Å². The molecule has 0 spiro atoms. The van der Waals surface area contributed by atoms with Crippen LogP contribution >= 0.6 is 0 Å². The minimum absolute atomic E-state index is 0.0268. The minimum Gasteiger partial charge on any atom is -0.481 e. The molecule has 2 aromatic carbocycles. The van der Waals surface area contributed by atoms with Gasteiger partial charge in [0.15, 0.2) is 5.92 Å². The number of benzene rings is 2. The fraction of sp³-hybridized carbons (Fsp3) is 0.318. The maximum Gasteiger partial charge on any atom is 0.416 e. The van der Waals surface area contributed by atoms with Gasteiger partial charge in [-0.1, -0.05) is 12.1 Å². The van der Waals surface area contributed by atoms with Gasteiger partial charge in [0.25, 0.3) is 0 Å². The van der Waals surface area contributed by atoms with Crippen LogP contribution in [0.15, 0.2) is 36.4 Å². The van der Waals surface area contributed by atoms with Gasteiger partial charge in [0, 0.05) is 26.3 Å². The average Bonchev–Trinajstić information content (AvgIpc) is 2.96. The third kappa shape index (κ3) is 3.90. The van der Waals surface area contributed by atoms with E-state index in [0.29, 0.717) is 10.6 Å². The molecule has 14 heteroatoms. The zero-order chi connectivity index (χ0) is 26.7. The van der Waals surface area contributed by atoms with Gasteiger partial charge in [0.1, 0.15) is 0 Å². The van der Waals surface area contributed by atoms with Crippen molar-refractivity contribution < 1.29 is 41.1 Å². The first-order valence-corrected chi connectivity index (χ1v) is 11.9. The largest absolute Gasteiger partial charge is 0.481 e. The number of anilines is 3. The van der Waals surface area contributed by atoms with Gasteiger partial charge in [-0.25, -0.2) is 4.79 Å². The predicted molar refractivity (Wildman–Crippen MR) is 123 cm³/mol. The van der Waals surface area contributed by atoms with Crippen LogP contribution in [-0.2, 0) is 32.5 Å². The van der Waals surface area contributed by atoms with Crippen molar-refractivity contribution in [1.29, 1.82) is 0 Å². The van der Waals surface area contributed by atoms with Crippen molar-refractivity contribution >= 4 is 45.2 Å². The highest BCUT2D eigenvalue weighted by atomic mass is 32.2. The molecule has 1 saturated heterocycles. The molecule has 2 aliphatic rings. The van der Waals surface area contributed by atoms with E-state index in [2.05, 4.69) is 0 Å². The second-order valence-electron chi connectivity index (χ2n) is 8.41. The number of halogens is 3. The quantitative estimate of drug-likeness (QED) is 0.613. The lowest BCUT2D eigenvalue weighted by Crippen LogP contribution is -2.58. The molecule has 4 rings (SSSR count). The number of alkyl halides is 3. The van der Waals surface area contributed by atoms with Crippen molar-refractivity contribution in [2.24, 2.45) is 5.92 Å². The third-order valence-electron chi connectivity index (χ3n) is 6.41. The van der Waals surface area contributed by atoms with Crippen molar-refractivity contribution in [3.8, 4) is 0 Å². The van der Waals surface area contributed by atoms with Crippen LogP contribution in [0.4, 0.5) is 35.0 Å². The number of hydrogen-bond acceptors (Lipinski definition) is 5. The molecule has 2 heterocycles. The molecule has 0 radical (unpaired) electrons. The highest BCUT2D eigenvalue weighted by molar-refractivity contribution is 7.94. The number of fused-ring (bicyclic) bond motifs is 1. The van der Waals surface area contributed by atoms with Crippen LogP contribution in [0.1, 0.15) is 16.7 Å². The molecular formula is C22H21F3N4O6S. The Morgan fingerprint density at radius 1 is 1.08 bits per heavy atom. The van der Waals surface area contributed by atoms with Gasteiger partial charge in [-0.2, -0.15) is 21.6 Å². The second kappa shape index (κ2) is 8.40. The summed E-state index contributed by atoms with van der Waals surface area (Å²) in [6.07, 6.45) is -4.66. The molecule has 192 valence electrons. The molecular weight excluding hydrogens is 505 g/mol. The molecule has 1 atom stereocenters.